The minimum absolute atomic E-state index is 0.101. The van der Waals surface area contributed by atoms with Crippen LogP contribution in [0.15, 0.2) is 18.2 Å². The van der Waals surface area contributed by atoms with Crippen molar-refractivity contribution < 1.29 is 19.1 Å². The van der Waals surface area contributed by atoms with Crippen molar-refractivity contribution in [1.29, 1.82) is 0 Å². The van der Waals surface area contributed by atoms with E-state index >= 15 is 0 Å². The molecular weight excluding hydrogens is 296 g/mol. The van der Waals surface area contributed by atoms with Crippen LogP contribution in [-0.4, -0.2) is 49.6 Å². The van der Waals surface area contributed by atoms with Gasteiger partial charge < -0.3 is 19.7 Å². The number of benzene rings is 1. The third-order valence-electron chi connectivity index (χ3n) is 4.33. The van der Waals surface area contributed by atoms with Gasteiger partial charge >= 0.3 is 0 Å². The van der Waals surface area contributed by atoms with Gasteiger partial charge in [-0.05, 0) is 30.9 Å². The molecule has 1 aromatic carbocycles. The Hall–Kier alpha value is -2.24. The maximum Gasteiger partial charge on any atom is 0.255 e. The number of piperidine rings is 1. The molecular formula is C17H22N2O4. The highest BCUT2D eigenvalue weighted by atomic mass is 16.6. The van der Waals surface area contributed by atoms with Crippen LogP contribution in [0.3, 0.4) is 0 Å². The van der Waals surface area contributed by atoms with Crippen molar-refractivity contribution in [2.45, 2.75) is 19.8 Å². The third kappa shape index (κ3) is 3.57. The van der Waals surface area contributed by atoms with Crippen molar-refractivity contribution in [3.05, 3.63) is 23.8 Å². The van der Waals surface area contributed by atoms with Crippen molar-refractivity contribution in [2.75, 3.05) is 32.8 Å². The standard InChI is InChI=1S/C17H22N2O4/c1-12(20)19-7-3-4-13(11-19)10-18-17(21)14-5-2-6-15-16(14)23-9-8-22-15/h2,5-6,13H,3-4,7-11H2,1H3,(H,18,21)/t13-/m1/s1. The number of amides is 2. The van der Waals surface area contributed by atoms with Gasteiger partial charge in [0, 0.05) is 26.6 Å². The highest BCUT2D eigenvalue weighted by Crippen LogP contribution is 2.33. The number of nitrogens with one attached hydrogen (secondary N) is 1. The maximum absolute atomic E-state index is 12.4. The molecule has 2 aliphatic heterocycles. The minimum Gasteiger partial charge on any atom is -0.486 e. The molecule has 0 unspecified atom stereocenters. The Kier molecular flexibility index (Phi) is 4.69. The summed E-state index contributed by atoms with van der Waals surface area (Å²) in [6.45, 7) is 4.63. The number of carbonyl (C=O) groups excluding carboxylic acids is 2. The number of fused-ring (bicyclic) bond motifs is 1. The lowest BCUT2D eigenvalue weighted by Gasteiger charge is -2.32. The summed E-state index contributed by atoms with van der Waals surface area (Å²) >= 11 is 0. The van der Waals surface area contributed by atoms with Crippen LogP contribution in [0.4, 0.5) is 0 Å². The Labute approximate surface area is 135 Å². The quantitative estimate of drug-likeness (QED) is 0.916. The summed E-state index contributed by atoms with van der Waals surface area (Å²) in [7, 11) is 0. The van der Waals surface area contributed by atoms with Gasteiger partial charge in [-0.3, -0.25) is 9.59 Å². The van der Waals surface area contributed by atoms with Crippen molar-refractivity contribution in [1.82, 2.24) is 10.2 Å². The van der Waals surface area contributed by atoms with E-state index in [4.69, 9.17) is 9.47 Å². The van der Waals surface area contributed by atoms with E-state index in [9.17, 15) is 9.59 Å². The van der Waals surface area contributed by atoms with Crippen molar-refractivity contribution in [3.8, 4) is 11.5 Å². The van der Waals surface area contributed by atoms with Crippen LogP contribution < -0.4 is 14.8 Å². The molecule has 1 N–H and O–H groups in total. The predicted molar refractivity (Wildman–Crippen MR) is 84.7 cm³/mol. The minimum atomic E-state index is -0.160. The Balaban J connectivity index is 1.61. The zero-order valence-corrected chi connectivity index (χ0v) is 13.3. The van der Waals surface area contributed by atoms with Gasteiger partial charge in [-0.25, -0.2) is 0 Å². The van der Waals surface area contributed by atoms with Gasteiger partial charge in [-0.1, -0.05) is 6.07 Å². The van der Waals surface area contributed by atoms with Crippen LogP contribution in [0.2, 0.25) is 0 Å². The van der Waals surface area contributed by atoms with E-state index in [1.807, 2.05) is 4.90 Å². The summed E-state index contributed by atoms with van der Waals surface area (Å²) in [6.07, 6.45) is 2.01. The largest absolute Gasteiger partial charge is 0.486 e. The van der Waals surface area contributed by atoms with Crippen LogP contribution >= 0.6 is 0 Å². The number of hydrogen-bond donors (Lipinski definition) is 1. The Morgan fingerprint density at radius 3 is 2.96 bits per heavy atom. The van der Waals surface area contributed by atoms with Crippen molar-refractivity contribution >= 4 is 11.8 Å². The number of rotatable bonds is 3. The molecule has 6 heteroatoms. The van der Waals surface area contributed by atoms with Crippen molar-refractivity contribution in [2.24, 2.45) is 5.92 Å². The van der Waals surface area contributed by atoms with Crippen LogP contribution in [0.25, 0.3) is 0 Å². The van der Waals surface area contributed by atoms with Gasteiger partial charge in [0.2, 0.25) is 5.91 Å². The Bertz CT molecular complexity index is 602. The first-order valence-electron chi connectivity index (χ1n) is 8.07. The summed E-state index contributed by atoms with van der Waals surface area (Å²) in [5, 5.41) is 2.97. The van der Waals surface area contributed by atoms with E-state index in [2.05, 4.69) is 5.32 Å². The summed E-state index contributed by atoms with van der Waals surface area (Å²) < 4.78 is 11.1. The first-order valence-corrected chi connectivity index (χ1v) is 8.07. The molecule has 0 radical (unpaired) electrons. The first-order chi connectivity index (χ1) is 11.1. The number of likely N-dealkylation sites (tertiary alicyclic amines) is 1. The first kappa shape index (κ1) is 15.6. The summed E-state index contributed by atoms with van der Waals surface area (Å²) in [5.74, 6) is 1.37. The molecule has 0 aliphatic carbocycles. The molecule has 2 aliphatic rings. The molecule has 1 aromatic rings. The zero-order valence-electron chi connectivity index (χ0n) is 13.3. The van der Waals surface area contributed by atoms with E-state index in [0.717, 1.165) is 19.4 Å². The molecule has 1 atom stereocenters. The molecule has 2 heterocycles. The van der Waals surface area contributed by atoms with Gasteiger partial charge in [-0.2, -0.15) is 0 Å². The molecule has 124 valence electrons. The van der Waals surface area contributed by atoms with Gasteiger partial charge in [-0.15, -0.1) is 0 Å². The fourth-order valence-corrected chi connectivity index (χ4v) is 3.10. The van der Waals surface area contributed by atoms with Crippen LogP contribution in [0.1, 0.15) is 30.1 Å². The lowest BCUT2D eigenvalue weighted by atomic mass is 9.98. The van der Waals surface area contributed by atoms with E-state index in [1.165, 1.54) is 0 Å². The van der Waals surface area contributed by atoms with E-state index in [0.29, 0.717) is 49.3 Å². The highest BCUT2D eigenvalue weighted by molar-refractivity contribution is 5.97. The summed E-state index contributed by atoms with van der Waals surface area (Å²) in [4.78, 5) is 25.8. The molecule has 0 bridgehead atoms. The van der Waals surface area contributed by atoms with Gasteiger partial charge in [0.25, 0.3) is 5.91 Å². The van der Waals surface area contributed by atoms with Crippen LogP contribution in [-0.2, 0) is 4.79 Å². The van der Waals surface area contributed by atoms with Gasteiger partial charge in [0.15, 0.2) is 11.5 Å². The molecule has 23 heavy (non-hydrogen) atoms. The van der Waals surface area contributed by atoms with Gasteiger partial charge in [0.05, 0.1) is 5.56 Å². The molecule has 3 rings (SSSR count). The molecule has 0 aromatic heterocycles. The molecule has 1 fully saturated rings. The molecule has 6 nitrogen and oxygen atoms in total. The zero-order chi connectivity index (χ0) is 16.2. The predicted octanol–water partition coefficient (Wildman–Crippen LogP) is 1.45. The monoisotopic (exact) mass is 318 g/mol. The lowest BCUT2D eigenvalue weighted by molar-refractivity contribution is -0.130. The molecule has 2 amide bonds. The topological polar surface area (TPSA) is 67.9 Å². The normalized spacial score (nSPS) is 20.0. The lowest BCUT2D eigenvalue weighted by Crippen LogP contribution is -2.42. The fraction of sp³-hybridized carbons (Fsp3) is 0.529. The number of nitrogens with zero attached hydrogens (tertiary/aromatic N) is 1. The number of hydrogen-bond acceptors (Lipinski definition) is 4. The Morgan fingerprint density at radius 2 is 2.13 bits per heavy atom. The van der Waals surface area contributed by atoms with E-state index in [-0.39, 0.29) is 11.8 Å². The Morgan fingerprint density at radius 1 is 1.30 bits per heavy atom. The summed E-state index contributed by atoms with van der Waals surface area (Å²) in [6, 6.07) is 5.34. The second kappa shape index (κ2) is 6.89. The molecule has 0 spiro atoms. The van der Waals surface area contributed by atoms with Crippen LogP contribution in [0, 0.1) is 5.92 Å². The molecule has 0 saturated carbocycles. The van der Waals surface area contributed by atoms with E-state index in [1.54, 1.807) is 25.1 Å². The SMILES string of the molecule is CC(=O)N1CCC[C@H](CNC(=O)c2cccc3c2OCCO3)C1. The second-order valence-corrected chi connectivity index (χ2v) is 6.01. The number of para-hydroxylation sites is 1. The van der Waals surface area contributed by atoms with Crippen LogP contribution in [0.5, 0.6) is 11.5 Å². The smallest absolute Gasteiger partial charge is 0.255 e. The number of ether oxygens (including phenoxy) is 2. The average Bonchev–Trinajstić information content (AvgIpc) is 2.59. The maximum atomic E-state index is 12.4. The number of carbonyl (C=O) groups is 2. The summed E-state index contributed by atoms with van der Waals surface area (Å²) in [5.41, 5.74) is 0.501. The molecule has 1 saturated heterocycles. The third-order valence-corrected chi connectivity index (χ3v) is 4.33. The highest BCUT2D eigenvalue weighted by Gasteiger charge is 2.24. The van der Waals surface area contributed by atoms with Gasteiger partial charge in [0.1, 0.15) is 13.2 Å². The van der Waals surface area contributed by atoms with Crippen molar-refractivity contribution in [3.63, 3.8) is 0 Å². The average molecular weight is 318 g/mol. The fourth-order valence-electron chi connectivity index (χ4n) is 3.10. The van der Waals surface area contributed by atoms with E-state index < -0.39 is 0 Å². The second-order valence-electron chi connectivity index (χ2n) is 6.01.